The Bertz CT molecular complexity index is 2640. The highest BCUT2D eigenvalue weighted by Gasteiger charge is 2.15. The van der Waals surface area contributed by atoms with Crippen molar-refractivity contribution in [2.24, 2.45) is 0 Å². The number of benzene rings is 6. The molecule has 3 heterocycles. The van der Waals surface area contributed by atoms with Crippen LogP contribution >= 0.6 is 0 Å². The van der Waals surface area contributed by atoms with Gasteiger partial charge in [-0.15, -0.1) is 0 Å². The van der Waals surface area contributed by atoms with Gasteiger partial charge in [0.2, 0.25) is 0 Å². The van der Waals surface area contributed by atoms with E-state index >= 15 is 0 Å². The molecule has 3 nitrogen and oxygen atoms in total. The van der Waals surface area contributed by atoms with Crippen LogP contribution in [0.2, 0.25) is 0 Å². The van der Waals surface area contributed by atoms with Crippen molar-refractivity contribution in [2.75, 3.05) is 0 Å². The van der Waals surface area contributed by atoms with Gasteiger partial charge in [-0.1, -0.05) is 54.6 Å². The van der Waals surface area contributed by atoms with E-state index in [4.69, 9.17) is 13.3 Å². The van der Waals surface area contributed by atoms with Crippen LogP contribution in [-0.2, 0) is 12.8 Å². The van der Waals surface area contributed by atoms with E-state index in [2.05, 4.69) is 125 Å². The molecule has 9 rings (SSSR count). The number of para-hydroxylation sites is 1. The van der Waals surface area contributed by atoms with E-state index in [0.29, 0.717) is 0 Å². The molecular formula is C42H32O3. The van der Waals surface area contributed by atoms with E-state index in [-0.39, 0.29) is 0 Å². The second-order valence-electron chi connectivity index (χ2n) is 12.8. The monoisotopic (exact) mass is 584 g/mol. The number of hydrogen-bond donors (Lipinski definition) is 0. The molecule has 0 bridgehead atoms. The molecule has 45 heavy (non-hydrogen) atoms. The van der Waals surface area contributed by atoms with Crippen LogP contribution in [0.25, 0.3) is 65.8 Å². The molecule has 9 aromatic rings. The Balaban J connectivity index is 1.04. The van der Waals surface area contributed by atoms with Crippen LogP contribution in [0.1, 0.15) is 44.5 Å². The van der Waals surface area contributed by atoms with Crippen LogP contribution in [0.3, 0.4) is 0 Å². The van der Waals surface area contributed by atoms with E-state index in [1.54, 1.807) is 0 Å². The van der Waals surface area contributed by atoms with Gasteiger partial charge in [0.1, 0.15) is 33.5 Å². The van der Waals surface area contributed by atoms with E-state index in [1.165, 1.54) is 60.7 Å². The highest BCUT2D eigenvalue weighted by Crippen LogP contribution is 2.36. The van der Waals surface area contributed by atoms with Gasteiger partial charge in [0.25, 0.3) is 0 Å². The third-order valence-electron chi connectivity index (χ3n) is 9.63. The topological polar surface area (TPSA) is 39.4 Å². The van der Waals surface area contributed by atoms with Crippen LogP contribution in [-0.4, -0.2) is 0 Å². The van der Waals surface area contributed by atoms with Crippen molar-refractivity contribution in [1.29, 1.82) is 0 Å². The fourth-order valence-corrected chi connectivity index (χ4v) is 7.12. The second kappa shape index (κ2) is 9.61. The van der Waals surface area contributed by atoms with E-state index in [1.807, 2.05) is 0 Å². The summed E-state index contributed by atoms with van der Waals surface area (Å²) < 4.78 is 19.0. The van der Waals surface area contributed by atoms with Crippen LogP contribution in [0.4, 0.5) is 0 Å². The van der Waals surface area contributed by atoms with Crippen LogP contribution in [0.5, 0.6) is 0 Å². The fraction of sp³-hybridized carbons (Fsp3) is 0.143. The Hall–Kier alpha value is -5.28. The first kappa shape index (κ1) is 26.2. The van der Waals surface area contributed by atoms with Crippen molar-refractivity contribution in [3.8, 4) is 0 Å². The average Bonchev–Trinajstić information content (AvgIpc) is 3.68. The Morgan fingerprint density at radius 1 is 0.400 bits per heavy atom. The lowest BCUT2D eigenvalue weighted by Crippen LogP contribution is -1.92. The molecule has 0 amide bonds. The maximum Gasteiger partial charge on any atom is 0.138 e. The minimum Gasteiger partial charge on any atom is -0.456 e. The van der Waals surface area contributed by atoms with Gasteiger partial charge in [0.05, 0.1) is 0 Å². The lowest BCUT2D eigenvalue weighted by Gasteiger charge is -2.07. The molecule has 0 saturated carbocycles. The molecule has 0 fully saturated rings. The quantitative estimate of drug-likeness (QED) is 0.207. The van der Waals surface area contributed by atoms with Gasteiger partial charge in [-0.25, -0.2) is 0 Å². The molecule has 6 aromatic carbocycles. The largest absolute Gasteiger partial charge is 0.456 e. The van der Waals surface area contributed by atoms with Gasteiger partial charge in [-0.2, -0.15) is 0 Å². The summed E-state index contributed by atoms with van der Waals surface area (Å²) in [5.41, 5.74) is 15.6. The molecule has 0 saturated heterocycles. The van der Waals surface area contributed by atoms with E-state index < -0.39 is 0 Å². The average molecular weight is 585 g/mol. The Labute approximate surface area is 260 Å². The summed E-state index contributed by atoms with van der Waals surface area (Å²) >= 11 is 0. The van der Waals surface area contributed by atoms with E-state index in [0.717, 1.165) is 62.5 Å². The number of aryl methyl sites for hydroxylation is 4. The summed E-state index contributed by atoms with van der Waals surface area (Å²) in [6.45, 7) is 8.59. The van der Waals surface area contributed by atoms with Gasteiger partial charge < -0.3 is 13.3 Å². The summed E-state index contributed by atoms with van der Waals surface area (Å²) in [6, 6.07) is 35.0. The van der Waals surface area contributed by atoms with E-state index in [9.17, 15) is 0 Å². The summed E-state index contributed by atoms with van der Waals surface area (Å²) in [4.78, 5) is 0. The molecule has 3 heteroatoms. The SMILES string of the molecule is Cc1ccc2c(c1)oc1cc(Cc3cc4oc5cc(Cc6cc7oc8c(C)cccc8c7cc6C)ccc5c4cc3C)ccc12. The molecule has 0 radical (unpaired) electrons. The lowest BCUT2D eigenvalue weighted by molar-refractivity contribution is 0.665. The zero-order valence-electron chi connectivity index (χ0n) is 25.9. The van der Waals surface area contributed by atoms with Crippen LogP contribution < -0.4 is 0 Å². The Morgan fingerprint density at radius 3 is 1.56 bits per heavy atom. The van der Waals surface area contributed by atoms with Crippen molar-refractivity contribution in [3.05, 3.63) is 142 Å². The maximum atomic E-state index is 6.50. The molecule has 0 aliphatic heterocycles. The highest BCUT2D eigenvalue weighted by molar-refractivity contribution is 6.07. The first-order valence-electron chi connectivity index (χ1n) is 15.7. The van der Waals surface area contributed by atoms with Gasteiger partial charge in [0.15, 0.2) is 0 Å². The van der Waals surface area contributed by atoms with Crippen molar-refractivity contribution >= 4 is 65.8 Å². The first-order chi connectivity index (χ1) is 21.9. The lowest BCUT2D eigenvalue weighted by atomic mass is 9.96. The van der Waals surface area contributed by atoms with Gasteiger partial charge >= 0.3 is 0 Å². The Morgan fingerprint density at radius 2 is 0.911 bits per heavy atom. The molecule has 0 spiro atoms. The zero-order valence-corrected chi connectivity index (χ0v) is 25.9. The third-order valence-corrected chi connectivity index (χ3v) is 9.63. The number of rotatable bonds is 4. The van der Waals surface area contributed by atoms with Crippen LogP contribution in [0.15, 0.2) is 110 Å². The van der Waals surface area contributed by atoms with Crippen LogP contribution in [0, 0.1) is 27.7 Å². The molecule has 0 N–H and O–H groups in total. The molecule has 0 unspecified atom stereocenters. The normalized spacial score (nSPS) is 12.2. The summed E-state index contributed by atoms with van der Waals surface area (Å²) in [7, 11) is 0. The smallest absolute Gasteiger partial charge is 0.138 e. The first-order valence-corrected chi connectivity index (χ1v) is 15.7. The number of furan rings is 3. The predicted molar refractivity (Wildman–Crippen MR) is 186 cm³/mol. The molecule has 0 aliphatic rings. The molecular weight excluding hydrogens is 552 g/mol. The van der Waals surface area contributed by atoms with Gasteiger partial charge in [-0.05, 0) is 128 Å². The molecule has 218 valence electrons. The van der Waals surface area contributed by atoms with Crippen molar-refractivity contribution < 1.29 is 13.3 Å². The number of hydrogen-bond acceptors (Lipinski definition) is 3. The fourth-order valence-electron chi connectivity index (χ4n) is 7.12. The van der Waals surface area contributed by atoms with Crippen molar-refractivity contribution in [1.82, 2.24) is 0 Å². The van der Waals surface area contributed by atoms with Crippen molar-refractivity contribution in [3.63, 3.8) is 0 Å². The summed E-state index contributed by atoms with van der Waals surface area (Å²) in [5.74, 6) is 0. The van der Waals surface area contributed by atoms with Gasteiger partial charge in [0, 0.05) is 32.3 Å². The Kier molecular flexibility index (Phi) is 5.58. The maximum absolute atomic E-state index is 6.50. The summed E-state index contributed by atoms with van der Waals surface area (Å²) in [6.07, 6.45) is 1.64. The summed E-state index contributed by atoms with van der Waals surface area (Å²) in [5, 5.41) is 7.02. The molecule has 0 atom stereocenters. The standard InChI is InChI=1S/C42H32O3/c1-23-8-11-31-32-12-9-27(19-38(32)43-37(31)14-23)17-29-21-40-35(15-25(29)3)33-13-10-28(20-39(33)44-40)18-30-22-41-36(16-26(30)4)34-7-5-6-24(2)42(34)45-41/h5-16,19-22H,17-18H2,1-4H3. The van der Waals surface area contributed by atoms with Gasteiger partial charge in [-0.3, -0.25) is 0 Å². The number of fused-ring (bicyclic) bond motifs is 9. The minimum atomic E-state index is 0.818. The molecule has 0 aliphatic carbocycles. The zero-order chi connectivity index (χ0) is 30.4. The molecule has 3 aromatic heterocycles. The third kappa shape index (κ3) is 4.18. The van der Waals surface area contributed by atoms with Crippen molar-refractivity contribution in [2.45, 2.75) is 40.5 Å². The minimum absolute atomic E-state index is 0.818. The highest BCUT2D eigenvalue weighted by atomic mass is 16.3. The second-order valence-corrected chi connectivity index (χ2v) is 12.8. The predicted octanol–water partition coefficient (Wildman–Crippen LogP) is 11.8.